The lowest BCUT2D eigenvalue weighted by atomic mass is 10.1. The number of amides is 2. The third-order valence-corrected chi connectivity index (χ3v) is 6.20. The van der Waals surface area contributed by atoms with Crippen LogP contribution in [0.4, 0.5) is 0 Å². The van der Waals surface area contributed by atoms with Crippen LogP contribution in [0.2, 0.25) is 0 Å². The van der Waals surface area contributed by atoms with Gasteiger partial charge in [0.05, 0.1) is 24.1 Å². The summed E-state index contributed by atoms with van der Waals surface area (Å²) >= 11 is 0. The molecule has 0 fully saturated rings. The van der Waals surface area contributed by atoms with E-state index in [1.807, 2.05) is 24.3 Å². The highest BCUT2D eigenvalue weighted by Crippen LogP contribution is 2.18. The maximum absolute atomic E-state index is 12.4. The summed E-state index contributed by atoms with van der Waals surface area (Å²) in [6, 6.07) is 16.3. The van der Waals surface area contributed by atoms with E-state index in [2.05, 4.69) is 20.6 Å². The van der Waals surface area contributed by atoms with Gasteiger partial charge in [0.15, 0.2) is 0 Å². The summed E-state index contributed by atoms with van der Waals surface area (Å²) in [6.07, 6.45) is 3.30. The van der Waals surface area contributed by atoms with Crippen LogP contribution < -0.4 is 15.6 Å². The number of rotatable bonds is 7. The first-order valence-corrected chi connectivity index (χ1v) is 11.2. The molecular formula is C22H20N4O5S. The van der Waals surface area contributed by atoms with E-state index in [4.69, 9.17) is 4.42 Å². The monoisotopic (exact) mass is 452 g/mol. The molecule has 0 atom stereocenters. The van der Waals surface area contributed by atoms with Gasteiger partial charge in [0.1, 0.15) is 5.76 Å². The first-order valence-electron chi connectivity index (χ1n) is 9.69. The van der Waals surface area contributed by atoms with Gasteiger partial charge in [0, 0.05) is 22.7 Å². The van der Waals surface area contributed by atoms with E-state index < -0.39 is 15.9 Å². The fourth-order valence-electron chi connectivity index (χ4n) is 3.14. The number of sulfonamides is 1. The summed E-state index contributed by atoms with van der Waals surface area (Å²) in [5.74, 6) is -0.470. The second-order valence-corrected chi connectivity index (χ2v) is 8.73. The molecule has 0 unspecified atom stereocenters. The van der Waals surface area contributed by atoms with Crippen LogP contribution in [0.15, 0.2) is 82.4 Å². The molecule has 164 valence electrons. The minimum atomic E-state index is -3.77. The average Bonchev–Trinajstić information content (AvgIpc) is 3.47. The van der Waals surface area contributed by atoms with Gasteiger partial charge < -0.3 is 9.40 Å². The fraction of sp³-hybridized carbons (Fsp3) is 0.0909. The van der Waals surface area contributed by atoms with Crippen molar-refractivity contribution >= 4 is 32.7 Å². The van der Waals surface area contributed by atoms with Crippen LogP contribution >= 0.6 is 0 Å². The van der Waals surface area contributed by atoms with E-state index in [0.29, 0.717) is 5.76 Å². The van der Waals surface area contributed by atoms with E-state index in [9.17, 15) is 18.0 Å². The summed E-state index contributed by atoms with van der Waals surface area (Å²) in [7, 11) is -3.77. The smallest absolute Gasteiger partial charge is 0.269 e. The number of nitrogens with one attached hydrogen (secondary N) is 4. The minimum Gasteiger partial charge on any atom is -0.468 e. The lowest BCUT2D eigenvalue weighted by molar-refractivity contribution is -0.121. The number of para-hydroxylation sites is 1. The maximum atomic E-state index is 12.4. The first kappa shape index (κ1) is 21.3. The molecule has 2 aromatic heterocycles. The van der Waals surface area contributed by atoms with Crippen LogP contribution in [0, 0.1) is 0 Å². The van der Waals surface area contributed by atoms with Gasteiger partial charge in [0.25, 0.3) is 5.91 Å². The van der Waals surface area contributed by atoms with Crippen molar-refractivity contribution in [1.82, 2.24) is 20.6 Å². The molecule has 2 aromatic carbocycles. The van der Waals surface area contributed by atoms with Gasteiger partial charge in [0.2, 0.25) is 15.9 Å². The summed E-state index contributed by atoms with van der Waals surface area (Å²) in [4.78, 5) is 27.6. The second kappa shape index (κ2) is 9.08. The van der Waals surface area contributed by atoms with Crippen LogP contribution in [0.25, 0.3) is 10.9 Å². The van der Waals surface area contributed by atoms with Gasteiger partial charge in [-0.1, -0.05) is 18.2 Å². The molecule has 0 aliphatic carbocycles. The summed E-state index contributed by atoms with van der Waals surface area (Å²) in [5, 5.41) is 0.937. The predicted octanol–water partition coefficient (Wildman–Crippen LogP) is 2.24. The third-order valence-electron chi connectivity index (χ3n) is 4.78. The number of hydrogen-bond acceptors (Lipinski definition) is 5. The predicted molar refractivity (Wildman–Crippen MR) is 117 cm³/mol. The van der Waals surface area contributed by atoms with Gasteiger partial charge in [-0.25, -0.2) is 13.1 Å². The van der Waals surface area contributed by atoms with Crippen LogP contribution in [0.1, 0.15) is 21.7 Å². The number of aromatic nitrogens is 1. The van der Waals surface area contributed by atoms with Crippen molar-refractivity contribution in [2.45, 2.75) is 17.9 Å². The Balaban J connectivity index is 1.32. The first-order chi connectivity index (χ1) is 15.4. The maximum Gasteiger partial charge on any atom is 0.269 e. The highest BCUT2D eigenvalue weighted by Gasteiger charge is 2.16. The Morgan fingerprint density at radius 3 is 2.47 bits per heavy atom. The Bertz CT molecular complexity index is 1340. The number of benzene rings is 2. The number of carbonyl (C=O) groups excluding carboxylic acids is 2. The molecule has 9 nitrogen and oxygen atoms in total. The lowest BCUT2D eigenvalue weighted by Crippen LogP contribution is -2.42. The number of hydrazine groups is 1. The van der Waals surface area contributed by atoms with Crippen LogP contribution in [-0.2, 0) is 27.8 Å². The fourth-order valence-corrected chi connectivity index (χ4v) is 4.14. The van der Waals surface area contributed by atoms with E-state index in [1.54, 1.807) is 18.3 Å². The standard InChI is InChI=1S/C22H20N4O5S/c27-21(12-16-13-23-20-6-2-1-5-19(16)20)25-26-22(28)15-7-9-18(10-8-15)32(29,30)24-14-17-4-3-11-31-17/h1-11,13,23-24H,12,14H2,(H,25,27)(H,26,28). The number of H-pyrrole nitrogens is 1. The second-order valence-electron chi connectivity index (χ2n) is 6.97. The topological polar surface area (TPSA) is 133 Å². The molecule has 2 amide bonds. The number of carbonyl (C=O) groups is 2. The lowest BCUT2D eigenvalue weighted by Gasteiger charge is -2.09. The zero-order valence-corrected chi connectivity index (χ0v) is 17.6. The van der Waals surface area contributed by atoms with Crippen LogP contribution in [0.3, 0.4) is 0 Å². The highest BCUT2D eigenvalue weighted by atomic mass is 32.2. The van der Waals surface area contributed by atoms with E-state index >= 15 is 0 Å². The molecule has 0 saturated heterocycles. The number of aromatic amines is 1. The van der Waals surface area contributed by atoms with Crippen molar-refractivity contribution in [1.29, 1.82) is 0 Å². The minimum absolute atomic E-state index is 0.00368. The normalized spacial score (nSPS) is 11.4. The van der Waals surface area contributed by atoms with Crippen LogP contribution in [0.5, 0.6) is 0 Å². The number of fused-ring (bicyclic) bond motifs is 1. The Morgan fingerprint density at radius 1 is 0.938 bits per heavy atom. The molecule has 10 heteroatoms. The Labute approximate surface area is 183 Å². The van der Waals surface area contributed by atoms with Crippen molar-refractivity contribution < 1.29 is 22.4 Å². The third kappa shape index (κ3) is 4.88. The number of furan rings is 1. The molecule has 4 rings (SSSR count). The van der Waals surface area contributed by atoms with Gasteiger partial charge in [-0.15, -0.1) is 0 Å². The van der Waals surface area contributed by atoms with Crippen molar-refractivity contribution in [2.24, 2.45) is 0 Å². The Hall–Kier alpha value is -3.89. The molecule has 0 spiro atoms. The SMILES string of the molecule is O=C(Cc1c[nH]c2ccccc12)NNC(=O)c1ccc(S(=O)(=O)NCc2ccco2)cc1. The zero-order chi connectivity index (χ0) is 22.6. The van der Waals surface area contributed by atoms with Crippen LogP contribution in [-0.4, -0.2) is 25.2 Å². The largest absolute Gasteiger partial charge is 0.468 e. The van der Waals surface area contributed by atoms with Gasteiger partial charge in [-0.2, -0.15) is 0 Å². The van der Waals surface area contributed by atoms with E-state index in [1.165, 1.54) is 30.5 Å². The molecule has 4 N–H and O–H groups in total. The molecule has 32 heavy (non-hydrogen) atoms. The van der Waals surface area contributed by atoms with E-state index in [-0.39, 0.29) is 29.3 Å². The quantitative estimate of drug-likeness (QED) is 0.319. The van der Waals surface area contributed by atoms with Crippen molar-refractivity contribution in [2.75, 3.05) is 0 Å². The Kier molecular flexibility index (Phi) is 6.06. The summed E-state index contributed by atoms with van der Waals surface area (Å²) in [5.41, 5.74) is 6.64. The van der Waals surface area contributed by atoms with E-state index in [0.717, 1.165) is 16.5 Å². The van der Waals surface area contributed by atoms with Gasteiger partial charge in [-0.3, -0.25) is 20.4 Å². The van der Waals surface area contributed by atoms with Crippen molar-refractivity contribution in [3.05, 3.63) is 90.0 Å². The average molecular weight is 452 g/mol. The zero-order valence-electron chi connectivity index (χ0n) is 16.8. The molecule has 0 saturated carbocycles. The molecule has 0 aliphatic heterocycles. The Morgan fingerprint density at radius 2 is 1.72 bits per heavy atom. The molecule has 0 bridgehead atoms. The van der Waals surface area contributed by atoms with Crippen molar-refractivity contribution in [3.63, 3.8) is 0 Å². The molecule has 2 heterocycles. The summed E-state index contributed by atoms with van der Waals surface area (Å²) in [6.45, 7) is 0.0139. The molecule has 0 radical (unpaired) electrons. The summed E-state index contributed by atoms with van der Waals surface area (Å²) < 4.78 is 32.2. The number of hydrogen-bond donors (Lipinski definition) is 4. The molecular weight excluding hydrogens is 432 g/mol. The van der Waals surface area contributed by atoms with Gasteiger partial charge >= 0.3 is 0 Å². The molecule has 4 aromatic rings. The highest BCUT2D eigenvalue weighted by molar-refractivity contribution is 7.89. The molecule has 0 aliphatic rings. The van der Waals surface area contributed by atoms with Gasteiger partial charge in [-0.05, 0) is 48.0 Å². The van der Waals surface area contributed by atoms with Crippen molar-refractivity contribution in [3.8, 4) is 0 Å².